The molecule has 0 aromatic carbocycles. The number of carbonyl (C=O) groups is 1. The lowest BCUT2D eigenvalue weighted by Gasteiger charge is -2.42. The van der Waals surface area contributed by atoms with E-state index in [0.717, 1.165) is 12.8 Å². The first-order chi connectivity index (χ1) is 7.94. The maximum atomic E-state index is 11.5. The first kappa shape index (κ1) is 14.5. The van der Waals surface area contributed by atoms with E-state index in [1.54, 1.807) is 0 Å². The van der Waals surface area contributed by atoms with Gasteiger partial charge in [-0.2, -0.15) is 5.06 Å². The largest absolute Gasteiger partial charge is 0.481 e. The SMILES string of the molecule is CCC1(CC)CC(C(=O)O)C(CC)(CC)N1O. The van der Waals surface area contributed by atoms with Gasteiger partial charge in [0.2, 0.25) is 0 Å². The minimum absolute atomic E-state index is 0.366. The van der Waals surface area contributed by atoms with Crippen molar-refractivity contribution >= 4 is 5.97 Å². The molecule has 1 unspecified atom stereocenters. The van der Waals surface area contributed by atoms with E-state index in [9.17, 15) is 15.1 Å². The van der Waals surface area contributed by atoms with Crippen LogP contribution in [-0.4, -0.2) is 32.4 Å². The molecular weight excluding hydrogens is 218 g/mol. The summed E-state index contributed by atoms with van der Waals surface area (Å²) in [6, 6.07) is 0. The monoisotopic (exact) mass is 243 g/mol. The van der Waals surface area contributed by atoms with Crippen molar-refractivity contribution in [3.05, 3.63) is 0 Å². The molecule has 1 aliphatic rings. The number of carboxylic acid groups (broad SMARTS) is 1. The molecule has 1 fully saturated rings. The van der Waals surface area contributed by atoms with E-state index < -0.39 is 17.4 Å². The molecule has 1 rings (SSSR count). The third kappa shape index (κ3) is 1.87. The molecule has 0 aliphatic carbocycles. The minimum atomic E-state index is -0.781. The number of aliphatic carboxylic acids is 1. The van der Waals surface area contributed by atoms with Crippen molar-refractivity contribution in [1.29, 1.82) is 0 Å². The number of hydrogen-bond acceptors (Lipinski definition) is 3. The van der Waals surface area contributed by atoms with E-state index in [0.29, 0.717) is 19.3 Å². The van der Waals surface area contributed by atoms with Crippen LogP contribution in [0.2, 0.25) is 0 Å². The molecule has 100 valence electrons. The number of rotatable bonds is 5. The summed E-state index contributed by atoms with van der Waals surface area (Å²) in [6.45, 7) is 7.97. The molecule has 0 aromatic heterocycles. The molecule has 0 spiro atoms. The van der Waals surface area contributed by atoms with Gasteiger partial charge in [-0.05, 0) is 32.1 Å². The summed E-state index contributed by atoms with van der Waals surface area (Å²) in [5, 5.41) is 21.3. The molecule has 4 heteroatoms. The summed E-state index contributed by atoms with van der Waals surface area (Å²) in [5.74, 6) is -1.25. The van der Waals surface area contributed by atoms with Crippen LogP contribution >= 0.6 is 0 Å². The number of nitrogens with zero attached hydrogens (tertiary/aromatic N) is 1. The van der Waals surface area contributed by atoms with E-state index in [4.69, 9.17) is 0 Å². The van der Waals surface area contributed by atoms with Crippen molar-refractivity contribution < 1.29 is 15.1 Å². The first-order valence-corrected chi connectivity index (χ1v) is 6.66. The molecule has 17 heavy (non-hydrogen) atoms. The van der Waals surface area contributed by atoms with Gasteiger partial charge in [-0.1, -0.05) is 27.7 Å². The van der Waals surface area contributed by atoms with Crippen LogP contribution in [0.5, 0.6) is 0 Å². The molecule has 1 aliphatic heterocycles. The molecule has 0 radical (unpaired) electrons. The molecule has 1 saturated heterocycles. The summed E-state index contributed by atoms with van der Waals surface area (Å²) < 4.78 is 0. The predicted molar refractivity (Wildman–Crippen MR) is 66.0 cm³/mol. The van der Waals surface area contributed by atoms with E-state index in [-0.39, 0.29) is 5.54 Å². The molecule has 1 heterocycles. The number of hydroxylamine groups is 2. The highest BCUT2D eigenvalue weighted by Gasteiger charge is 2.59. The second kappa shape index (κ2) is 4.94. The zero-order valence-electron chi connectivity index (χ0n) is 11.4. The summed E-state index contributed by atoms with van der Waals surface area (Å²) in [5.41, 5.74) is -0.965. The molecule has 0 saturated carbocycles. The summed E-state index contributed by atoms with van der Waals surface area (Å²) in [7, 11) is 0. The molecule has 0 bridgehead atoms. The van der Waals surface area contributed by atoms with Crippen LogP contribution in [0.3, 0.4) is 0 Å². The van der Waals surface area contributed by atoms with Gasteiger partial charge in [0.1, 0.15) is 0 Å². The lowest BCUT2D eigenvalue weighted by molar-refractivity contribution is -0.222. The van der Waals surface area contributed by atoms with Crippen LogP contribution in [-0.2, 0) is 4.79 Å². The van der Waals surface area contributed by atoms with Crippen molar-refractivity contribution in [2.75, 3.05) is 0 Å². The zero-order valence-corrected chi connectivity index (χ0v) is 11.4. The summed E-state index contributed by atoms with van der Waals surface area (Å²) >= 11 is 0. The van der Waals surface area contributed by atoms with Gasteiger partial charge in [-0.25, -0.2) is 0 Å². The standard InChI is InChI=1S/C13H25NO3/c1-5-12(6-2)9-10(11(15)16)13(7-3,8-4)14(12)17/h10,17H,5-9H2,1-4H3,(H,15,16). The maximum Gasteiger partial charge on any atom is 0.308 e. The molecule has 0 aromatic rings. The average Bonchev–Trinajstić information content (AvgIpc) is 2.60. The fourth-order valence-electron chi connectivity index (χ4n) is 3.47. The third-order valence-corrected chi connectivity index (χ3v) is 4.94. The van der Waals surface area contributed by atoms with Crippen molar-refractivity contribution in [3.8, 4) is 0 Å². The Morgan fingerprint density at radius 1 is 1.18 bits per heavy atom. The normalized spacial score (nSPS) is 27.2. The van der Waals surface area contributed by atoms with Crippen LogP contribution in [0.25, 0.3) is 0 Å². The third-order valence-electron chi connectivity index (χ3n) is 4.94. The van der Waals surface area contributed by atoms with Gasteiger partial charge in [0.05, 0.1) is 11.5 Å². The quantitative estimate of drug-likeness (QED) is 0.779. The van der Waals surface area contributed by atoms with Gasteiger partial charge in [0.25, 0.3) is 0 Å². The van der Waals surface area contributed by atoms with Gasteiger partial charge in [0.15, 0.2) is 0 Å². The van der Waals surface area contributed by atoms with Crippen LogP contribution in [0.4, 0.5) is 0 Å². The fraction of sp³-hybridized carbons (Fsp3) is 0.923. The second-order valence-electron chi connectivity index (χ2n) is 5.15. The minimum Gasteiger partial charge on any atom is -0.481 e. The van der Waals surface area contributed by atoms with E-state index in [1.807, 2.05) is 27.7 Å². The molecule has 1 atom stereocenters. The topological polar surface area (TPSA) is 60.8 Å². The van der Waals surface area contributed by atoms with Crippen molar-refractivity contribution in [2.24, 2.45) is 5.92 Å². The lowest BCUT2D eigenvalue weighted by Crippen LogP contribution is -2.53. The Morgan fingerprint density at radius 2 is 1.65 bits per heavy atom. The Bertz CT molecular complexity index is 282. The highest BCUT2D eigenvalue weighted by molar-refractivity contribution is 5.72. The van der Waals surface area contributed by atoms with Crippen LogP contribution < -0.4 is 0 Å². The maximum absolute atomic E-state index is 11.5. The number of carboxylic acids is 1. The van der Waals surface area contributed by atoms with Gasteiger partial charge in [0, 0.05) is 5.54 Å². The second-order valence-corrected chi connectivity index (χ2v) is 5.15. The smallest absolute Gasteiger partial charge is 0.308 e. The predicted octanol–water partition coefficient (Wildman–Crippen LogP) is 2.90. The van der Waals surface area contributed by atoms with Gasteiger partial charge >= 0.3 is 5.97 Å². The summed E-state index contributed by atoms with van der Waals surface area (Å²) in [6.07, 6.45) is 3.45. The van der Waals surface area contributed by atoms with Crippen molar-refractivity contribution in [2.45, 2.75) is 70.9 Å². The Balaban J connectivity index is 3.22. The molecule has 2 N–H and O–H groups in total. The van der Waals surface area contributed by atoms with Gasteiger partial charge in [-0.15, -0.1) is 0 Å². The highest BCUT2D eigenvalue weighted by atomic mass is 16.5. The zero-order chi connectivity index (χ0) is 13.3. The van der Waals surface area contributed by atoms with Crippen LogP contribution in [0.1, 0.15) is 59.8 Å². The Kier molecular flexibility index (Phi) is 4.20. The lowest BCUT2D eigenvalue weighted by atomic mass is 9.79. The van der Waals surface area contributed by atoms with Crippen LogP contribution in [0, 0.1) is 5.92 Å². The Labute approximate surface area is 104 Å². The fourth-order valence-corrected chi connectivity index (χ4v) is 3.47. The highest BCUT2D eigenvalue weighted by Crippen LogP contribution is 2.50. The first-order valence-electron chi connectivity index (χ1n) is 6.66. The molecule has 4 nitrogen and oxygen atoms in total. The van der Waals surface area contributed by atoms with E-state index in [1.165, 1.54) is 5.06 Å². The van der Waals surface area contributed by atoms with Gasteiger partial charge in [-0.3, -0.25) is 4.79 Å². The Hall–Kier alpha value is -0.610. The van der Waals surface area contributed by atoms with E-state index in [2.05, 4.69) is 0 Å². The average molecular weight is 243 g/mol. The van der Waals surface area contributed by atoms with Crippen molar-refractivity contribution in [1.82, 2.24) is 5.06 Å². The molecule has 0 amide bonds. The van der Waals surface area contributed by atoms with E-state index >= 15 is 0 Å². The Morgan fingerprint density at radius 3 is 1.88 bits per heavy atom. The summed E-state index contributed by atoms with van der Waals surface area (Å²) in [4.78, 5) is 11.5. The van der Waals surface area contributed by atoms with Crippen LogP contribution in [0.15, 0.2) is 0 Å². The van der Waals surface area contributed by atoms with Crippen molar-refractivity contribution in [3.63, 3.8) is 0 Å². The number of hydrogen-bond donors (Lipinski definition) is 2. The molecular formula is C13H25NO3. The van der Waals surface area contributed by atoms with Gasteiger partial charge < -0.3 is 10.3 Å².